The van der Waals surface area contributed by atoms with Gasteiger partial charge in [0, 0.05) is 18.1 Å². The molecule has 3 N–H and O–H groups in total. The van der Waals surface area contributed by atoms with E-state index in [1.54, 1.807) is 18.2 Å². The summed E-state index contributed by atoms with van der Waals surface area (Å²) < 4.78 is 0. The van der Waals surface area contributed by atoms with Crippen molar-refractivity contribution in [2.24, 2.45) is 0 Å². The largest absolute Gasteiger partial charge is 0.480 e. The second-order valence-corrected chi connectivity index (χ2v) is 5.86. The maximum absolute atomic E-state index is 10.9. The second-order valence-electron chi connectivity index (χ2n) is 5.86. The van der Waals surface area contributed by atoms with Crippen LogP contribution in [0, 0.1) is 0 Å². The van der Waals surface area contributed by atoms with Crippen LogP contribution in [0.5, 0.6) is 0 Å². The van der Waals surface area contributed by atoms with Crippen molar-refractivity contribution in [2.45, 2.75) is 12.5 Å². The molecular weight excluding hydrogens is 332 g/mol. The number of hydrogen-bond donors (Lipinski definition) is 3. The number of carbonyl (C=O) groups is 2. The Morgan fingerprint density at radius 2 is 1.73 bits per heavy atom. The monoisotopic (exact) mass is 350 g/mol. The summed E-state index contributed by atoms with van der Waals surface area (Å²) in [6.07, 6.45) is 2.42. The quantitative estimate of drug-likeness (QED) is 0.657. The number of aliphatic carboxylic acids is 1. The lowest BCUT2D eigenvalue weighted by atomic mass is 9.95. The van der Waals surface area contributed by atoms with E-state index in [1.165, 1.54) is 6.20 Å². The number of nitrogens with one attached hydrogen (secondary N) is 1. The summed E-state index contributed by atoms with van der Waals surface area (Å²) in [5.41, 5.74) is 2.16. The lowest BCUT2D eigenvalue weighted by Gasteiger charge is -2.23. The van der Waals surface area contributed by atoms with Crippen LogP contribution in [-0.4, -0.2) is 33.7 Å². The minimum atomic E-state index is -0.989. The zero-order chi connectivity index (χ0) is 18.5. The van der Waals surface area contributed by atoms with Gasteiger partial charge in [0.25, 0.3) is 0 Å². The number of nitrogens with zero attached hydrogens (tertiary/aromatic N) is 1. The third-order valence-electron chi connectivity index (χ3n) is 4.23. The molecule has 26 heavy (non-hydrogen) atoms. The van der Waals surface area contributed by atoms with Gasteiger partial charge in [0.05, 0.1) is 0 Å². The van der Waals surface area contributed by atoms with Crippen LogP contribution in [0.15, 0.2) is 60.8 Å². The second kappa shape index (κ2) is 7.76. The molecule has 0 saturated carbocycles. The Balaban J connectivity index is 0.000000151. The van der Waals surface area contributed by atoms with Crippen LogP contribution in [0.25, 0.3) is 10.8 Å². The molecule has 0 bridgehead atoms. The molecule has 2 heterocycles. The number of fused-ring (bicyclic) bond motifs is 2. The molecule has 1 aliphatic heterocycles. The highest BCUT2D eigenvalue weighted by atomic mass is 16.4. The zero-order valence-corrected chi connectivity index (χ0v) is 13.9. The summed E-state index contributed by atoms with van der Waals surface area (Å²) in [7, 11) is 0. The van der Waals surface area contributed by atoms with Crippen LogP contribution in [0.2, 0.25) is 0 Å². The van der Waals surface area contributed by atoms with Gasteiger partial charge >= 0.3 is 11.9 Å². The van der Waals surface area contributed by atoms with Gasteiger partial charge < -0.3 is 15.5 Å². The van der Waals surface area contributed by atoms with Crippen LogP contribution < -0.4 is 5.32 Å². The molecule has 0 spiro atoms. The number of aromatic carboxylic acids is 1. The Bertz CT molecular complexity index is 950. The molecule has 2 aromatic carbocycles. The Hall–Kier alpha value is -3.25. The third-order valence-corrected chi connectivity index (χ3v) is 4.23. The fraction of sp³-hybridized carbons (Fsp3) is 0.150. The molecule has 4 rings (SSSR count). The van der Waals surface area contributed by atoms with Crippen molar-refractivity contribution in [3.8, 4) is 0 Å². The number of benzene rings is 2. The van der Waals surface area contributed by atoms with E-state index in [-0.39, 0.29) is 5.69 Å². The van der Waals surface area contributed by atoms with Crippen molar-refractivity contribution in [3.63, 3.8) is 0 Å². The van der Waals surface area contributed by atoms with E-state index in [0.717, 1.165) is 29.5 Å². The van der Waals surface area contributed by atoms with E-state index >= 15 is 0 Å². The van der Waals surface area contributed by atoms with Crippen molar-refractivity contribution in [1.29, 1.82) is 0 Å². The first-order chi connectivity index (χ1) is 12.6. The summed E-state index contributed by atoms with van der Waals surface area (Å²) in [6, 6.07) is 16.3. The van der Waals surface area contributed by atoms with Crippen molar-refractivity contribution in [3.05, 3.63) is 77.6 Å². The van der Waals surface area contributed by atoms with Crippen molar-refractivity contribution < 1.29 is 19.8 Å². The van der Waals surface area contributed by atoms with Gasteiger partial charge in [-0.05, 0) is 29.0 Å². The number of aromatic nitrogens is 1. The SMILES string of the molecule is O=C(O)C1NCCc2ccccc21.O=C(O)c1nccc2ccccc12. The molecule has 1 unspecified atom stereocenters. The fourth-order valence-corrected chi connectivity index (χ4v) is 3.02. The summed E-state index contributed by atoms with van der Waals surface area (Å²) in [4.78, 5) is 25.4. The molecule has 6 nitrogen and oxygen atoms in total. The number of carboxylic acids is 2. The first-order valence-corrected chi connectivity index (χ1v) is 8.19. The maximum atomic E-state index is 10.9. The summed E-state index contributed by atoms with van der Waals surface area (Å²) in [5.74, 6) is -1.79. The number of carboxylic acid groups (broad SMARTS) is 2. The molecule has 0 amide bonds. The van der Waals surface area contributed by atoms with E-state index in [0.29, 0.717) is 5.39 Å². The van der Waals surface area contributed by atoms with E-state index in [2.05, 4.69) is 10.3 Å². The van der Waals surface area contributed by atoms with Gasteiger partial charge in [0.15, 0.2) is 5.69 Å². The summed E-state index contributed by atoms with van der Waals surface area (Å²) in [6.45, 7) is 0.744. The molecule has 0 saturated heterocycles. The maximum Gasteiger partial charge on any atom is 0.355 e. The average molecular weight is 350 g/mol. The van der Waals surface area contributed by atoms with Crippen LogP contribution in [0.4, 0.5) is 0 Å². The van der Waals surface area contributed by atoms with Crippen molar-refractivity contribution in [1.82, 2.24) is 10.3 Å². The molecule has 1 atom stereocenters. The molecule has 3 aromatic rings. The molecule has 0 fully saturated rings. The molecule has 1 aromatic heterocycles. The summed E-state index contributed by atoms with van der Waals surface area (Å²) >= 11 is 0. The molecule has 6 heteroatoms. The average Bonchev–Trinajstić information content (AvgIpc) is 2.67. The molecule has 0 aliphatic carbocycles. The topological polar surface area (TPSA) is 99.5 Å². The van der Waals surface area contributed by atoms with E-state index in [1.807, 2.05) is 36.4 Å². The van der Waals surface area contributed by atoms with Crippen LogP contribution in [-0.2, 0) is 11.2 Å². The van der Waals surface area contributed by atoms with Crippen molar-refractivity contribution >= 4 is 22.7 Å². The van der Waals surface area contributed by atoms with E-state index < -0.39 is 18.0 Å². The Morgan fingerprint density at radius 3 is 2.50 bits per heavy atom. The highest BCUT2D eigenvalue weighted by molar-refractivity contribution is 6.01. The summed E-state index contributed by atoms with van der Waals surface area (Å²) in [5, 5.41) is 22.3. The molecule has 0 radical (unpaired) electrons. The smallest absolute Gasteiger partial charge is 0.355 e. The highest BCUT2D eigenvalue weighted by Gasteiger charge is 2.24. The van der Waals surface area contributed by atoms with E-state index in [4.69, 9.17) is 10.2 Å². The van der Waals surface area contributed by atoms with Gasteiger partial charge in [0.1, 0.15) is 6.04 Å². The van der Waals surface area contributed by atoms with Gasteiger partial charge in [-0.3, -0.25) is 4.79 Å². The molecule has 132 valence electrons. The van der Waals surface area contributed by atoms with Crippen LogP contribution in [0.3, 0.4) is 0 Å². The normalized spacial score (nSPS) is 15.5. The van der Waals surface area contributed by atoms with E-state index in [9.17, 15) is 9.59 Å². The predicted molar refractivity (Wildman–Crippen MR) is 97.2 cm³/mol. The Kier molecular flexibility index (Phi) is 5.24. The predicted octanol–water partition coefficient (Wildman–Crippen LogP) is 2.89. The lowest BCUT2D eigenvalue weighted by molar-refractivity contribution is -0.139. The minimum absolute atomic E-state index is 0.109. The lowest BCUT2D eigenvalue weighted by Crippen LogP contribution is -2.34. The van der Waals surface area contributed by atoms with Crippen LogP contribution >= 0.6 is 0 Å². The number of rotatable bonds is 2. The number of pyridine rings is 1. The first-order valence-electron chi connectivity index (χ1n) is 8.19. The number of hydrogen-bond acceptors (Lipinski definition) is 4. The van der Waals surface area contributed by atoms with Gasteiger partial charge in [-0.15, -0.1) is 0 Å². The van der Waals surface area contributed by atoms with Gasteiger partial charge in [0.2, 0.25) is 0 Å². The Labute approximate surface area is 150 Å². The van der Waals surface area contributed by atoms with Crippen LogP contribution in [0.1, 0.15) is 27.7 Å². The van der Waals surface area contributed by atoms with Gasteiger partial charge in [-0.1, -0.05) is 48.5 Å². The molecular formula is C20H18N2O4. The van der Waals surface area contributed by atoms with Crippen molar-refractivity contribution in [2.75, 3.05) is 6.54 Å². The fourth-order valence-electron chi connectivity index (χ4n) is 3.02. The van der Waals surface area contributed by atoms with Gasteiger partial charge in [-0.2, -0.15) is 0 Å². The Morgan fingerprint density at radius 1 is 1.00 bits per heavy atom. The van der Waals surface area contributed by atoms with Gasteiger partial charge in [-0.25, -0.2) is 9.78 Å². The molecule has 1 aliphatic rings. The third kappa shape index (κ3) is 3.70. The highest BCUT2D eigenvalue weighted by Crippen LogP contribution is 2.22. The minimum Gasteiger partial charge on any atom is -0.480 e. The zero-order valence-electron chi connectivity index (χ0n) is 13.9. The standard InChI is InChI=1S/C10H11NO2.C10H7NO2/c2*12-10(13)9-8-4-2-1-3-7(8)5-6-11-9/h1-4,9,11H,5-6H2,(H,12,13);1-6H,(H,12,13). The first kappa shape index (κ1) is 17.6.